The second kappa shape index (κ2) is 7.02. The number of thioether (sulfide) groups is 1. The van der Waals surface area contributed by atoms with Gasteiger partial charge in [-0.25, -0.2) is 0 Å². The van der Waals surface area contributed by atoms with Crippen LogP contribution >= 0.6 is 11.8 Å². The summed E-state index contributed by atoms with van der Waals surface area (Å²) in [5, 5.41) is 0. The molecule has 20 heavy (non-hydrogen) atoms. The minimum atomic E-state index is -4.52. The first kappa shape index (κ1) is 16.9. The lowest BCUT2D eigenvalue weighted by Gasteiger charge is -2.28. The Kier molecular flexibility index (Phi) is 5.92. The summed E-state index contributed by atoms with van der Waals surface area (Å²) in [6.07, 6.45) is -1.40. The number of alkyl halides is 3. The van der Waals surface area contributed by atoms with E-state index in [2.05, 4.69) is 0 Å². The highest BCUT2D eigenvalue weighted by Crippen LogP contribution is 2.34. The van der Waals surface area contributed by atoms with Crippen molar-refractivity contribution in [3.8, 4) is 0 Å². The van der Waals surface area contributed by atoms with Gasteiger partial charge in [-0.05, 0) is 43.6 Å². The van der Waals surface area contributed by atoms with Gasteiger partial charge in [-0.1, -0.05) is 0 Å². The minimum Gasteiger partial charge on any atom is -0.372 e. The maximum absolute atomic E-state index is 12.9. The average Bonchev–Trinajstić information content (AvgIpc) is 2.42. The molecule has 0 spiro atoms. The van der Waals surface area contributed by atoms with Crippen LogP contribution in [0, 0.1) is 0 Å². The van der Waals surface area contributed by atoms with Crippen molar-refractivity contribution >= 4 is 23.7 Å². The Morgan fingerprint density at radius 3 is 2.55 bits per heavy atom. The van der Waals surface area contributed by atoms with Gasteiger partial charge in [0.15, 0.2) is 6.29 Å². The predicted octanol–water partition coefficient (Wildman–Crippen LogP) is 4.10. The zero-order valence-electron chi connectivity index (χ0n) is 11.7. The Balaban J connectivity index is 3.05. The summed E-state index contributed by atoms with van der Waals surface area (Å²) in [6, 6.07) is 3.95. The third-order valence-corrected chi connectivity index (χ3v) is 3.92. The molecule has 1 aromatic rings. The van der Waals surface area contributed by atoms with Crippen LogP contribution in [-0.2, 0) is 6.18 Å². The molecule has 0 heterocycles. The molecule has 0 saturated heterocycles. The van der Waals surface area contributed by atoms with E-state index >= 15 is 0 Å². The van der Waals surface area contributed by atoms with Crippen LogP contribution in [0.1, 0.15) is 29.3 Å². The third kappa shape index (κ3) is 4.16. The number of carbonyl (C=O) groups excluding carboxylic acids is 1. The Hall–Kier alpha value is -1.17. The molecule has 0 radical (unpaired) electrons. The van der Waals surface area contributed by atoms with Crippen molar-refractivity contribution < 1.29 is 18.0 Å². The fourth-order valence-corrected chi connectivity index (χ4v) is 2.43. The van der Waals surface area contributed by atoms with E-state index in [1.165, 1.54) is 6.07 Å². The smallest absolute Gasteiger partial charge is 0.372 e. The zero-order chi connectivity index (χ0) is 15.3. The van der Waals surface area contributed by atoms with E-state index in [0.29, 0.717) is 5.69 Å². The molecule has 1 rings (SSSR count). The standard InChI is InChI=1S/C14H18F3NOS/c1-10(6-7-20-3)18(2)12-5-4-11(9-19)13(8-12)14(15,16)17/h4-5,8-10H,6-7H2,1-3H3. The lowest BCUT2D eigenvalue weighted by atomic mass is 10.1. The first-order valence-electron chi connectivity index (χ1n) is 6.19. The van der Waals surface area contributed by atoms with Gasteiger partial charge in [0.05, 0.1) is 5.56 Å². The molecule has 1 aromatic carbocycles. The van der Waals surface area contributed by atoms with E-state index in [1.807, 2.05) is 13.2 Å². The number of carbonyl (C=O) groups is 1. The molecule has 112 valence electrons. The van der Waals surface area contributed by atoms with Crippen LogP contribution in [0.3, 0.4) is 0 Å². The van der Waals surface area contributed by atoms with Crippen molar-refractivity contribution in [1.82, 2.24) is 0 Å². The molecule has 0 bridgehead atoms. The van der Waals surface area contributed by atoms with Gasteiger partial charge >= 0.3 is 6.18 Å². The van der Waals surface area contributed by atoms with Crippen LogP contribution in [0.25, 0.3) is 0 Å². The number of benzene rings is 1. The van der Waals surface area contributed by atoms with Crippen molar-refractivity contribution in [2.24, 2.45) is 0 Å². The summed E-state index contributed by atoms with van der Waals surface area (Å²) in [7, 11) is 1.76. The van der Waals surface area contributed by atoms with Gasteiger partial charge in [0.2, 0.25) is 0 Å². The quantitative estimate of drug-likeness (QED) is 0.738. The van der Waals surface area contributed by atoms with Gasteiger partial charge in [-0.15, -0.1) is 0 Å². The van der Waals surface area contributed by atoms with Gasteiger partial charge < -0.3 is 4.90 Å². The fraction of sp³-hybridized carbons (Fsp3) is 0.500. The zero-order valence-corrected chi connectivity index (χ0v) is 12.5. The first-order chi connectivity index (χ1) is 9.31. The summed E-state index contributed by atoms with van der Waals surface area (Å²) < 4.78 is 38.7. The second-order valence-electron chi connectivity index (χ2n) is 4.63. The van der Waals surface area contributed by atoms with Crippen LogP contribution in [0.2, 0.25) is 0 Å². The van der Waals surface area contributed by atoms with Crippen molar-refractivity contribution in [3.63, 3.8) is 0 Å². The third-order valence-electron chi connectivity index (χ3n) is 3.28. The summed E-state index contributed by atoms with van der Waals surface area (Å²) in [4.78, 5) is 12.5. The number of anilines is 1. The highest BCUT2D eigenvalue weighted by Gasteiger charge is 2.34. The Bertz CT molecular complexity index is 462. The van der Waals surface area contributed by atoms with Gasteiger partial charge in [0.1, 0.15) is 0 Å². The largest absolute Gasteiger partial charge is 0.417 e. The highest BCUT2D eigenvalue weighted by atomic mass is 32.2. The monoisotopic (exact) mass is 305 g/mol. The van der Waals surface area contributed by atoms with Crippen LogP contribution in [-0.4, -0.2) is 31.4 Å². The van der Waals surface area contributed by atoms with Crippen LogP contribution in [0.15, 0.2) is 18.2 Å². The van der Waals surface area contributed by atoms with Crippen LogP contribution < -0.4 is 4.90 Å². The van der Waals surface area contributed by atoms with Crippen LogP contribution in [0.5, 0.6) is 0 Å². The van der Waals surface area contributed by atoms with Crippen LogP contribution in [0.4, 0.5) is 18.9 Å². The summed E-state index contributed by atoms with van der Waals surface area (Å²) >= 11 is 1.70. The van der Waals surface area contributed by atoms with E-state index in [1.54, 1.807) is 29.8 Å². The second-order valence-corrected chi connectivity index (χ2v) is 5.61. The number of hydrogen-bond acceptors (Lipinski definition) is 3. The normalized spacial score (nSPS) is 13.1. The van der Waals surface area contributed by atoms with Gasteiger partial charge in [0.25, 0.3) is 0 Å². The lowest BCUT2D eigenvalue weighted by Crippen LogP contribution is -2.29. The Morgan fingerprint density at radius 1 is 1.40 bits per heavy atom. The lowest BCUT2D eigenvalue weighted by molar-refractivity contribution is -0.137. The molecule has 1 atom stereocenters. The molecule has 0 aliphatic rings. The molecular formula is C14H18F3NOS. The molecule has 0 saturated carbocycles. The number of aldehydes is 1. The van der Waals surface area contributed by atoms with Gasteiger partial charge in [-0.2, -0.15) is 24.9 Å². The van der Waals surface area contributed by atoms with Gasteiger partial charge in [-0.3, -0.25) is 4.79 Å². The number of halogens is 3. The molecule has 0 aliphatic carbocycles. The highest BCUT2D eigenvalue weighted by molar-refractivity contribution is 7.98. The molecule has 0 aliphatic heterocycles. The van der Waals surface area contributed by atoms with Crippen molar-refractivity contribution in [1.29, 1.82) is 0 Å². The molecule has 0 N–H and O–H groups in total. The Morgan fingerprint density at radius 2 is 2.05 bits per heavy atom. The topological polar surface area (TPSA) is 20.3 Å². The van der Waals surface area contributed by atoms with E-state index in [0.717, 1.165) is 18.2 Å². The van der Waals surface area contributed by atoms with Crippen molar-refractivity contribution in [2.75, 3.05) is 24.0 Å². The minimum absolute atomic E-state index is 0.130. The summed E-state index contributed by atoms with van der Waals surface area (Å²) in [5.41, 5.74) is -0.739. The summed E-state index contributed by atoms with van der Waals surface area (Å²) in [5.74, 6) is 0.948. The van der Waals surface area contributed by atoms with Crippen molar-refractivity contribution in [2.45, 2.75) is 25.6 Å². The Labute approximate surface area is 121 Å². The van der Waals surface area contributed by atoms with E-state index in [-0.39, 0.29) is 17.9 Å². The molecule has 6 heteroatoms. The maximum atomic E-state index is 12.9. The molecule has 0 fully saturated rings. The molecule has 2 nitrogen and oxygen atoms in total. The molecule has 1 unspecified atom stereocenters. The fourth-order valence-electron chi connectivity index (χ4n) is 1.85. The van der Waals surface area contributed by atoms with E-state index in [4.69, 9.17) is 0 Å². The molecule has 0 aromatic heterocycles. The number of hydrogen-bond donors (Lipinski definition) is 0. The van der Waals surface area contributed by atoms with E-state index < -0.39 is 11.7 Å². The SMILES string of the molecule is CSCCC(C)N(C)c1ccc(C=O)c(C(F)(F)F)c1. The average molecular weight is 305 g/mol. The predicted molar refractivity (Wildman–Crippen MR) is 77.7 cm³/mol. The maximum Gasteiger partial charge on any atom is 0.417 e. The first-order valence-corrected chi connectivity index (χ1v) is 7.58. The molecular weight excluding hydrogens is 287 g/mol. The van der Waals surface area contributed by atoms with Crippen molar-refractivity contribution in [3.05, 3.63) is 29.3 Å². The number of rotatable bonds is 6. The van der Waals surface area contributed by atoms with E-state index in [9.17, 15) is 18.0 Å². The summed E-state index contributed by atoms with van der Waals surface area (Å²) in [6.45, 7) is 1.97. The molecule has 0 amide bonds. The van der Waals surface area contributed by atoms with Gasteiger partial charge in [0, 0.05) is 24.3 Å². The number of nitrogens with zero attached hydrogens (tertiary/aromatic N) is 1.